The first-order valence-electron chi connectivity index (χ1n) is 7.18. The van der Waals surface area contributed by atoms with Gasteiger partial charge in [-0.1, -0.05) is 30.3 Å². The van der Waals surface area contributed by atoms with E-state index in [2.05, 4.69) is 22.5 Å². The molecule has 2 aromatic heterocycles. The first kappa shape index (κ1) is 14.7. The summed E-state index contributed by atoms with van der Waals surface area (Å²) in [6.07, 6.45) is 0. The highest BCUT2D eigenvalue weighted by Crippen LogP contribution is 2.28. The molecule has 1 amide bonds. The summed E-state index contributed by atoms with van der Waals surface area (Å²) in [6, 6.07) is 12.1. The van der Waals surface area contributed by atoms with Crippen molar-refractivity contribution < 1.29 is 4.79 Å². The number of amides is 1. The second-order valence-electron chi connectivity index (χ2n) is 5.10. The fourth-order valence-electron chi connectivity index (χ4n) is 2.36. The molecule has 0 spiro atoms. The number of nitrogens with zero attached hydrogens (tertiary/aromatic N) is 2. The normalized spacial score (nSPS) is 11.0. The van der Waals surface area contributed by atoms with Crippen LogP contribution in [0.5, 0.6) is 0 Å². The van der Waals surface area contributed by atoms with Gasteiger partial charge in [0.25, 0.3) is 5.91 Å². The molecule has 3 aromatic rings. The number of rotatable bonds is 5. The number of hydrogen-bond acceptors (Lipinski definition) is 4. The molecule has 0 fully saturated rings. The predicted octanol–water partition coefficient (Wildman–Crippen LogP) is 2.14. The molecule has 114 valence electrons. The highest BCUT2D eigenvalue weighted by molar-refractivity contribution is 7.20. The lowest BCUT2D eigenvalue weighted by atomic mass is 10.2. The van der Waals surface area contributed by atoms with E-state index in [0.717, 1.165) is 15.9 Å². The van der Waals surface area contributed by atoms with Gasteiger partial charge in [-0.25, -0.2) is 0 Å². The van der Waals surface area contributed by atoms with Crippen molar-refractivity contribution in [3.05, 3.63) is 52.5 Å². The maximum Gasteiger partial charge on any atom is 0.261 e. The van der Waals surface area contributed by atoms with Crippen LogP contribution in [0.3, 0.4) is 0 Å². The van der Waals surface area contributed by atoms with Gasteiger partial charge in [0.15, 0.2) is 0 Å². The van der Waals surface area contributed by atoms with Crippen molar-refractivity contribution >= 4 is 27.5 Å². The van der Waals surface area contributed by atoms with Crippen LogP contribution in [0.15, 0.2) is 36.4 Å². The van der Waals surface area contributed by atoms with E-state index in [9.17, 15) is 4.79 Å². The third-order valence-corrected chi connectivity index (χ3v) is 4.58. The van der Waals surface area contributed by atoms with Crippen LogP contribution in [0, 0.1) is 6.92 Å². The van der Waals surface area contributed by atoms with Gasteiger partial charge >= 0.3 is 0 Å². The molecule has 0 bridgehead atoms. The maximum absolute atomic E-state index is 12.1. The van der Waals surface area contributed by atoms with Crippen LogP contribution < -0.4 is 11.1 Å². The molecule has 0 aliphatic heterocycles. The second-order valence-corrected chi connectivity index (χ2v) is 6.13. The van der Waals surface area contributed by atoms with Crippen LogP contribution in [-0.2, 0) is 6.54 Å². The lowest BCUT2D eigenvalue weighted by Crippen LogP contribution is -2.28. The fraction of sp³-hybridized carbons (Fsp3) is 0.250. The van der Waals surface area contributed by atoms with Gasteiger partial charge in [-0.05, 0) is 18.6 Å². The molecule has 0 unspecified atom stereocenters. The van der Waals surface area contributed by atoms with Crippen LogP contribution in [0.25, 0.3) is 10.2 Å². The Balaban J connectivity index is 1.91. The van der Waals surface area contributed by atoms with Crippen molar-refractivity contribution in [2.24, 2.45) is 5.73 Å². The zero-order chi connectivity index (χ0) is 15.5. The van der Waals surface area contributed by atoms with Crippen LogP contribution in [0.1, 0.15) is 20.9 Å². The fourth-order valence-corrected chi connectivity index (χ4v) is 3.44. The van der Waals surface area contributed by atoms with Gasteiger partial charge in [-0.15, -0.1) is 11.3 Å². The van der Waals surface area contributed by atoms with Crippen LogP contribution in [-0.4, -0.2) is 28.8 Å². The molecule has 22 heavy (non-hydrogen) atoms. The zero-order valence-electron chi connectivity index (χ0n) is 12.4. The van der Waals surface area contributed by atoms with Gasteiger partial charge in [0, 0.05) is 18.5 Å². The molecule has 0 atom stereocenters. The molecule has 5 nitrogen and oxygen atoms in total. The van der Waals surface area contributed by atoms with Crippen LogP contribution in [0.2, 0.25) is 0 Å². The zero-order valence-corrected chi connectivity index (χ0v) is 13.2. The van der Waals surface area contributed by atoms with Gasteiger partial charge in [0.05, 0.1) is 17.1 Å². The number of aryl methyl sites for hydroxylation is 1. The van der Waals surface area contributed by atoms with E-state index in [1.54, 1.807) is 0 Å². The molecular formula is C16H18N4OS. The van der Waals surface area contributed by atoms with E-state index in [1.165, 1.54) is 16.9 Å². The van der Waals surface area contributed by atoms with E-state index in [4.69, 9.17) is 5.73 Å². The summed E-state index contributed by atoms with van der Waals surface area (Å²) in [4.78, 5) is 13.8. The predicted molar refractivity (Wildman–Crippen MR) is 89.3 cm³/mol. The lowest BCUT2D eigenvalue weighted by Gasteiger charge is -2.02. The summed E-state index contributed by atoms with van der Waals surface area (Å²) in [5, 5.41) is 8.43. The molecule has 0 radical (unpaired) electrons. The molecule has 3 rings (SSSR count). The van der Waals surface area contributed by atoms with E-state index in [-0.39, 0.29) is 5.91 Å². The average Bonchev–Trinajstić information content (AvgIpc) is 3.08. The summed E-state index contributed by atoms with van der Waals surface area (Å²) >= 11 is 1.47. The quantitative estimate of drug-likeness (QED) is 0.758. The minimum atomic E-state index is -0.0719. The molecule has 3 N–H and O–H groups in total. The van der Waals surface area contributed by atoms with Gasteiger partial charge < -0.3 is 11.1 Å². The van der Waals surface area contributed by atoms with Crippen molar-refractivity contribution in [3.63, 3.8) is 0 Å². The molecule has 2 heterocycles. The minimum absolute atomic E-state index is 0.0719. The first-order chi connectivity index (χ1) is 10.7. The Morgan fingerprint density at radius 3 is 2.86 bits per heavy atom. The summed E-state index contributed by atoms with van der Waals surface area (Å²) in [5.74, 6) is -0.0719. The number of aromatic nitrogens is 2. The van der Waals surface area contributed by atoms with E-state index in [1.807, 2.05) is 35.9 Å². The molecular weight excluding hydrogens is 296 g/mol. The van der Waals surface area contributed by atoms with Gasteiger partial charge in [-0.2, -0.15) is 5.10 Å². The topological polar surface area (TPSA) is 72.9 Å². The Labute approximate surface area is 132 Å². The van der Waals surface area contributed by atoms with Gasteiger partial charge in [0.1, 0.15) is 4.83 Å². The molecule has 0 saturated carbocycles. The monoisotopic (exact) mass is 314 g/mol. The number of thiophene rings is 1. The van der Waals surface area contributed by atoms with Crippen molar-refractivity contribution in [1.82, 2.24) is 15.1 Å². The largest absolute Gasteiger partial charge is 0.350 e. The smallest absolute Gasteiger partial charge is 0.261 e. The number of fused-ring (bicyclic) bond motifs is 1. The Bertz CT molecular complexity index is 791. The highest BCUT2D eigenvalue weighted by atomic mass is 32.1. The van der Waals surface area contributed by atoms with E-state index >= 15 is 0 Å². The summed E-state index contributed by atoms with van der Waals surface area (Å²) in [7, 11) is 0. The van der Waals surface area contributed by atoms with Crippen molar-refractivity contribution in [2.45, 2.75) is 13.5 Å². The maximum atomic E-state index is 12.1. The lowest BCUT2D eigenvalue weighted by molar-refractivity contribution is 0.0959. The third kappa shape index (κ3) is 2.88. The summed E-state index contributed by atoms with van der Waals surface area (Å²) in [6.45, 7) is 3.60. The van der Waals surface area contributed by atoms with E-state index < -0.39 is 0 Å². The molecule has 6 heteroatoms. The molecule has 1 aromatic carbocycles. The number of carbonyl (C=O) groups is 1. The van der Waals surface area contributed by atoms with Gasteiger partial charge in [-0.3, -0.25) is 9.48 Å². The number of carbonyl (C=O) groups excluding carboxylic acids is 1. The van der Waals surface area contributed by atoms with E-state index in [0.29, 0.717) is 24.5 Å². The van der Waals surface area contributed by atoms with Crippen molar-refractivity contribution in [1.29, 1.82) is 0 Å². The Hall–Kier alpha value is -2.18. The average molecular weight is 314 g/mol. The summed E-state index contributed by atoms with van der Waals surface area (Å²) < 4.78 is 1.96. The molecule has 0 aliphatic rings. The summed E-state index contributed by atoms with van der Waals surface area (Å²) in [5.41, 5.74) is 7.55. The van der Waals surface area contributed by atoms with Crippen LogP contribution in [0.4, 0.5) is 0 Å². The number of nitrogens with one attached hydrogen (secondary N) is 1. The van der Waals surface area contributed by atoms with Crippen LogP contribution >= 0.6 is 11.3 Å². The SMILES string of the molecule is Cc1nn(Cc2ccccc2)c2sc(C(=O)NCCN)cc12. The number of nitrogens with two attached hydrogens (primary N) is 1. The number of hydrogen-bond donors (Lipinski definition) is 2. The first-order valence-corrected chi connectivity index (χ1v) is 8.00. The van der Waals surface area contributed by atoms with Crippen molar-refractivity contribution in [3.8, 4) is 0 Å². The van der Waals surface area contributed by atoms with Crippen molar-refractivity contribution in [2.75, 3.05) is 13.1 Å². The Morgan fingerprint density at radius 2 is 2.14 bits per heavy atom. The Morgan fingerprint density at radius 1 is 1.36 bits per heavy atom. The molecule has 0 saturated heterocycles. The molecule has 0 aliphatic carbocycles. The second kappa shape index (κ2) is 6.29. The standard InChI is InChI=1S/C16H18N4OS/c1-11-13-9-14(15(21)18-8-7-17)22-16(13)20(19-11)10-12-5-3-2-4-6-12/h2-6,9H,7-8,10,17H2,1H3,(H,18,21). The van der Waals surface area contributed by atoms with Gasteiger partial charge in [0.2, 0.25) is 0 Å². The third-order valence-electron chi connectivity index (χ3n) is 3.44. The highest BCUT2D eigenvalue weighted by Gasteiger charge is 2.16. The number of benzene rings is 1. The minimum Gasteiger partial charge on any atom is -0.350 e. The Kier molecular flexibility index (Phi) is 4.22.